The maximum absolute atomic E-state index is 10.4. The molecule has 2 atom stereocenters. The Hall–Kier alpha value is -0.420. The Kier molecular flexibility index (Phi) is 6.02. The summed E-state index contributed by atoms with van der Waals surface area (Å²) < 4.78 is 5.07. The highest BCUT2D eigenvalue weighted by Gasteiger charge is 2.29. The molecule has 2 N–H and O–H groups in total. The minimum atomic E-state index is -0.704. The highest BCUT2D eigenvalue weighted by molar-refractivity contribution is 7.10. The predicted octanol–water partition coefficient (Wildman–Crippen LogP) is 3.36. The van der Waals surface area contributed by atoms with Crippen LogP contribution in [0.2, 0.25) is 0 Å². The standard InChI is InChI=1S/C16H27NO2S/c1-16(18,9-10-19-2)12-17-15(13-6-3-4-7-13)14-8-5-11-20-14/h5,8,11,13,15,17-18H,3-4,6-7,9-10,12H2,1-2H3. The topological polar surface area (TPSA) is 41.5 Å². The van der Waals surface area contributed by atoms with Crippen molar-refractivity contribution in [3.8, 4) is 0 Å². The summed E-state index contributed by atoms with van der Waals surface area (Å²) in [5, 5.41) is 16.2. The van der Waals surface area contributed by atoms with Gasteiger partial charge < -0.3 is 15.2 Å². The highest BCUT2D eigenvalue weighted by Crippen LogP contribution is 2.37. The summed E-state index contributed by atoms with van der Waals surface area (Å²) in [5.74, 6) is 0.715. The number of thiophene rings is 1. The minimum absolute atomic E-state index is 0.395. The lowest BCUT2D eigenvalue weighted by molar-refractivity contribution is 0.0211. The van der Waals surface area contributed by atoms with E-state index < -0.39 is 5.60 Å². The molecule has 0 aliphatic heterocycles. The fourth-order valence-corrected chi connectivity index (χ4v) is 3.89. The molecule has 1 aliphatic rings. The molecule has 20 heavy (non-hydrogen) atoms. The third-order valence-electron chi connectivity index (χ3n) is 4.27. The molecule has 2 rings (SSSR count). The molecule has 0 amide bonds. The minimum Gasteiger partial charge on any atom is -0.389 e. The van der Waals surface area contributed by atoms with Gasteiger partial charge in [0.2, 0.25) is 0 Å². The third kappa shape index (κ3) is 4.55. The Morgan fingerprint density at radius 2 is 2.25 bits per heavy atom. The molecule has 4 heteroatoms. The summed E-state index contributed by atoms with van der Waals surface area (Å²) in [6.45, 7) is 3.11. The van der Waals surface area contributed by atoms with Crippen LogP contribution in [0, 0.1) is 5.92 Å². The molecule has 0 aromatic carbocycles. The van der Waals surface area contributed by atoms with Crippen LogP contribution in [0.4, 0.5) is 0 Å². The first-order valence-corrected chi connectivity index (χ1v) is 8.48. The molecule has 0 radical (unpaired) electrons. The summed E-state index contributed by atoms with van der Waals surface area (Å²) in [5.41, 5.74) is -0.704. The average molecular weight is 297 g/mol. The molecule has 0 spiro atoms. The van der Waals surface area contributed by atoms with E-state index in [1.807, 2.05) is 18.3 Å². The lowest BCUT2D eigenvalue weighted by Gasteiger charge is -2.29. The molecule has 1 aromatic rings. The SMILES string of the molecule is COCCC(C)(O)CNC(c1cccs1)C1CCCC1. The van der Waals surface area contributed by atoms with Gasteiger partial charge in [0.1, 0.15) is 0 Å². The van der Waals surface area contributed by atoms with Crippen LogP contribution in [0.25, 0.3) is 0 Å². The zero-order chi connectivity index (χ0) is 14.4. The maximum Gasteiger partial charge on any atom is 0.0765 e. The zero-order valence-corrected chi connectivity index (χ0v) is 13.4. The van der Waals surface area contributed by atoms with Crippen LogP contribution in [0.1, 0.15) is 49.9 Å². The van der Waals surface area contributed by atoms with E-state index in [9.17, 15) is 5.11 Å². The van der Waals surface area contributed by atoms with Gasteiger partial charge in [-0.2, -0.15) is 0 Å². The molecular weight excluding hydrogens is 270 g/mol. The molecule has 1 heterocycles. The molecule has 1 fully saturated rings. The lowest BCUT2D eigenvalue weighted by atomic mass is 9.95. The second kappa shape index (κ2) is 7.55. The van der Waals surface area contributed by atoms with E-state index in [-0.39, 0.29) is 0 Å². The molecule has 2 unspecified atom stereocenters. The number of hydrogen-bond donors (Lipinski definition) is 2. The molecule has 114 valence electrons. The smallest absolute Gasteiger partial charge is 0.0765 e. The first-order valence-electron chi connectivity index (χ1n) is 7.60. The van der Waals surface area contributed by atoms with Crippen molar-refractivity contribution in [3.63, 3.8) is 0 Å². The van der Waals surface area contributed by atoms with Crippen LogP contribution in [-0.2, 0) is 4.74 Å². The van der Waals surface area contributed by atoms with Gasteiger partial charge in [-0.25, -0.2) is 0 Å². The summed E-state index contributed by atoms with van der Waals surface area (Å²) in [6, 6.07) is 4.73. The molecule has 3 nitrogen and oxygen atoms in total. The molecule has 1 saturated carbocycles. The van der Waals surface area contributed by atoms with Crippen LogP contribution in [0.5, 0.6) is 0 Å². The van der Waals surface area contributed by atoms with E-state index in [4.69, 9.17) is 4.74 Å². The van der Waals surface area contributed by atoms with Gasteiger partial charge in [-0.3, -0.25) is 0 Å². The van der Waals surface area contributed by atoms with Gasteiger partial charge in [-0.15, -0.1) is 11.3 Å². The van der Waals surface area contributed by atoms with E-state index in [1.54, 1.807) is 7.11 Å². The van der Waals surface area contributed by atoms with Crippen molar-refractivity contribution in [2.45, 2.75) is 50.7 Å². The summed E-state index contributed by atoms with van der Waals surface area (Å²) in [7, 11) is 1.68. The normalized spacial score (nSPS) is 20.9. The fraction of sp³-hybridized carbons (Fsp3) is 0.750. The van der Waals surface area contributed by atoms with Crippen LogP contribution in [0.3, 0.4) is 0 Å². The van der Waals surface area contributed by atoms with Crippen LogP contribution < -0.4 is 5.32 Å². The van der Waals surface area contributed by atoms with Crippen molar-refractivity contribution in [2.75, 3.05) is 20.3 Å². The van der Waals surface area contributed by atoms with Crippen LogP contribution in [0.15, 0.2) is 17.5 Å². The number of nitrogens with one attached hydrogen (secondary N) is 1. The van der Waals surface area contributed by atoms with E-state index in [1.165, 1.54) is 30.6 Å². The van der Waals surface area contributed by atoms with Crippen LogP contribution in [-0.4, -0.2) is 31.0 Å². The summed E-state index contributed by atoms with van der Waals surface area (Å²) in [6.07, 6.45) is 5.95. The number of rotatable bonds is 8. The van der Waals surface area contributed by atoms with Crippen molar-refractivity contribution >= 4 is 11.3 Å². The molecule has 0 saturated heterocycles. The largest absolute Gasteiger partial charge is 0.389 e. The van der Waals surface area contributed by atoms with Crippen molar-refractivity contribution < 1.29 is 9.84 Å². The fourth-order valence-electron chi connectivity index (χ4n) is 3.00. The number of methoxy groups -OCH3 is 1. The van der Waals surface area contributed by atoms with Gasteiger partial charge in [-0.1, -0.05) is 18.9 Å². The van der Waals surface area contributed by atoms with E-state index in [2.05, 4.69) is 22.8 Å². The Morgan fingerprint density at radius 3 is 2.85 bits per heavy atom. The second-order valence-electron chi connectivity index (χ2n) is 6.16. The zero-order valence-electron chi connectivity index (χ0n) is 12.6. The monoisotopic (exact) mass is 297 g/mol. The lowest BCUT2D eigenvalue weighted by Crippen LogP contribution is -2.41. The van der Waals surface area contributed by atoms with Gasteiger partial charge in [-0.05, 0) is 37.1 Å². The Bertz CT molecular complexity index is 372. The van der Waals surface area contributed by atoms with E-state index >= 15 is 0 Å². The third-order valence-corrected chi connectivity index (χ3v) is 5.22. The van der Waals surface area contributed by atoms with Crippen molar-refractivity contribution in [1.29, 1.82) is 0 Å². The summed E-state index contributed by atoms with van der Waals surface area (Å²) >= 11 is 1.82. The van der Waals surface area contributed by atoms with Gasteiger partial charge in [0.15, 0.2) is 0 Å². The maximum atomic E-state index is 10.4. The average Bonchev–Trinajstić information content (AvgIpc) is 3.09. The van der Waals surface area contributed by atoms with Gasteiger partial charge in [0.25, 0.3) is 0 Å². The Morgan fingerprint density at radius 1 is 1.50 bits per heavy atom. The number of aliphatic hydroxyl groups is 1. The second-order valence-corrected chi connectivity index (χ2v) is 7.14. The first kappa shape index (κ1) is 16.0. The Balaban J connectivity index is 1.94. The van der Waals surface area contributed by atoms with Crippen molar-refractivity contribution in [2.24, 2.45) is 5.92 Å². The first-order chi connectivity index (χ1) is 9.62. The molecule has 1 aromatic heterocycles. The molecule has 0 bridgehead atoms. The predicted molar refractivity (Wildman–Crippen MR) is 84.1 cm³/mol. The summed E-state index contributed by atoms with van der Waals surface area (Å²) in [4.78, 5) is 1.40. The Labute approximate surface area is 126 Å². The van der Waals surface area contributed by atoms with Crippen LogP contribution >= 0.6 is 11.3 Å². The highest BCUT2D eigenvalue weighted by atomic mass is 32.1. The molecule has 1 aliphatic carbocycles. The number of ether oxygens (including phenoxy) is 1. The number of hydrogen-bond acceptors (Lipinski definition) is 4. The van der Waals surface area contributed by atoms with Crippen molar-refractivity contribution in [1.82, 2.24) is 5.32 Å². The van der Waals surface area contributed by atoms with E-state index in [0.29, 0.717) is 31.5 Å². The van der Waals surface area contributed by atoms with Gasteiger partial charge in [0.05, 0.1) is 5.60 Å². The van der Waals surface area contributed by atoms with Crippen molar-refractivity contribution in [3.05, 3.63) is 22.4 Å². The van der Waals surface area contributed by atoms with Gasteiger partial charge >= 0.3 is 0 Å². The van der Waals surface area contributed by atoms with Gasteiger partial charge in [0, 0.05) is 37.6 Å². The quantitative estimate of drug-likeness (QED) is 0.773. The van der Waals surface area contributed by atoms with E-state index in [0.717, 1.165) is 0 Å². The molecular formula is C16H27NO2S.